The molecule has 4 rings (SSSR count). The Morgan fingerprint density at radius 1 is 1.30 bits per heavy atom. The second kappa shape index (κ2) is 8.25. The van der Waals surface area contributed by atoms with E-state index in [1.54, 1.807) is 18.3 Å². The van der Waals surface area contributed by atoms with Crippen molar-refractivity contribution in [2.45, 2.75) is 32.4 Å². The first-order valence-electron chi connectivity index (χ1n) is 9.78. The summed E-state index contributed by atoms with van der Waals surface area (Å²) in [6.07, 6.45) is 5.61. The molecule has 8 nitrogen and oxygen atoms in total. The van der Waals surface area contributed by atoms with Gasteiger partial charge >= 0.3 is 0 Å². The zero-order chi connectivity index (χ0) is 21.1. The zero-order valence-corrected chi connectivity index (χ0v) is 16.6. The van der Waals surface area contributed by atoms with Crippen LogP contribution >= 0.6 is 0 Å². The topological polar surface area (TPSA) is 115 Å². The minimum Gasteiger partial charge on any atom is -0.368 e. The predicted octanol–water partition coefficient (Wildman–Crippen LogP) is 1.44. The van der Waals surface area contributed by atoms with Crippen molar-refractivity contribution in [1.29, 1.82) is 0 Å². The van der Waals surface area contributed by atoms with Gasteiger partial charge in [0.15, 0.2) is 0 Å². The molecule has 4 N–H and O–H groups in total. The number of amides is 2. The van der Waals surface area contributed by atoms with Gasteiger partial charge in [-0.05, 0) is 31.0 Å². The number of rotatable bonds is 5. The van der Waals surface area contributed by atoms with Crippen LogP contribution in [0.5, 0.6) is 0 Å². The Morgan fingerprint density at radius 2 is 2.13 bits per heavy atom. The van der Waals surface area contributed by atoms with Crippen molar-refractivity contribution in [2.75, 3.05) is 12.3 Å². The van der Waals surface area contributed by atoms with Crippen molar-refractivity contribution in [3.8, 4) is 11.8 Å². The molecule has 1 aliphatic carbocycles. The van der Waals surface area contributed by atoms with Crippen LogP contribution in [0.15, 0.2) is 36.7 Å². The number of nitrogens with zero attached hydrogens (tertiary/aromatic N) is 3. The molecule has 1 fully saturated rings. The summed E-state index contributed by atoms with van der Waals surface area (Å²) in [5.41, 5.74) is 8.50. The van der Waals surface area contributed by atoms with Gasteiger partial charge in [-0.2, -0.15) is 4.98 Å². The van der Waals surface area contributed by atoms with Gasteiger partial charge in [0.25, 0.3) is 5.91 Å². The lowest BCUT2D eigenvalue weighted by Crippen LogP contribution is -2.25. The molecule has 0 atom stereocenters. The molecule has 3 aromatic rings. The number of anilines is 1. The summed E-state index contributed by atoms with van der Waals surface area (Å²) in [6, 6.07) is 7.57. The van der Waals surface area contributed by atoms with E-state index < -0.39 is 0 Å². The fourth-order valence-electron chi connectivity index (χ4n) is 3.08. The second-order valence-corrected chi connectivity index (χ2v) is 7.26. The van der Waals surface area contributed by atoms with E-state index in [0.29, 0.717) is 30.3 Å². The lowest BCUT2D eigenvalue weighted by atomic mass is 10.1. The van der Waals surface area contributed by atoms with Crippen LogP contribution in [0.4, 0.5) is 5.95 Å². The maximum Gasteiger partial charge on any atom is 0.251 e. The van der Waals surface area contributed by atoms with Gasteiger partial charge in [-0.15, -0.1) is 0 Å². The Labute approximate surface area is 173 Å². The zero-order valence-electron chi connectivity index (χ0n) is 16.6. The van der Waals surface area contributed by atoms with Crippen molar-refractivity contribution < 1.29 is 9.59 Å². The molecule has 1 saturated carbocycles. The summed E-state index contributed by atoms with van der Waals surface area (Å²) >= 11 is 0. The largest absolute Gasteiger partial charge is 0.368 e. The van der Waals surface area contributed by atoms with Crippen LogP contribution in [0.1, 0.15) is 41.3 Å². The summed E-state index contributed by atoms with van der Waals surface area (Å²) < 4.78 is 1.90. The van der Waals surface area contributed by atoms with E-state index in [0.717, 1.165) is 29.4 Å². The molecule has 0 saturated heterocycles. The van der Waals surface area contributed by atoms with Crippen LogP contribution in [0.3, 0.4) is 0 Å². The summed E-state index contributed by atoms with van der Waals surface area (Å²) in [5, 5.41) is 6.53. The summed E-state index contributed by atoms with van der Waals surface area (Å²) in [5.74, 6) is 6.29. The molecule has 8 heteroatoms. The number of hydrogen-bond donors (Lipinski definition) is 3. The smallest absolute Gasteiger partial charge is 0.251 e. The monoisotopic (exact) mass is 402 g/mol. The SMILES string of the molecule is CC(=O)NCCn1cc(C#Cc2cccc(C(=O)NC3CC3)c2)c2cnc(N)nc21. The van der Waals surface area contributed by atoms with Crippen molar-refractivity contribution in [2.24, 2.45) is 0 Å². The van der Waals surface area contributed by atoms with Gasteiger partial charge in [-0.1, -0.05) is 17.9 Å². The van der Waals surface area contributed by atoms with E-state index in [-0.39, 0.29) is 17.8 Å². The molecule has 0 unspecified atom stereocenters. The molecule has 152 valence electrons. The quantitative estimate of drug-likeness (QED) is 0.559. The molecule has 2 amide bonds. The van der Waals surface area contributed by atoms with E-state index in [4.69, 9.17) is 5.73 Å². The van der Waals surface area contributed by atoms with Crippen LogP contribution < -0.4 is 16.4 Å². The number of hydrogen-bond acceptors (Lipinski definition) is 5. The van der Waals surface area contributed by atoms with Crippen molar-refractivity contribution in [3.63, 3.8) is 0 Å². The highest BCUT2D eigenvalue weighted by Gasteiger charge is 2.23. The van der Waals surface area contributed by atoms with Gasteiger partial charge in [0, 0.05) is 49.6 Å². The molecule has 2 heterocycles. The van der Waals surface area contributed by atoms with Crippen LogP contribution in [0.2, 0.25) is 0 Å². The van der Waals surface area contributed by atoms with Crippen LogP contribution in [-0.4, -0.2) is 38.9 Å². The predicted molar refractivity (Wildman–Crippen MR) is 114 cm³/mol. The highest BCUT2D eigenvalue weighted by molar-refractivity contribution is 5.95. The number of aromatic nitrogens is 3. The summed E-state index contributed by atoms with van der Waals surface area (Å²) in [4.78, 5) is 31.8. The molecule has 30 heavy (non-hydrogen) atoms. The molecular formula is C22H22N6O2. The number of benzene rings is 1. The van der Waals surface area contributed by atoms with Gasteiger partial charge < -0.3 is 20.9 Å². The van der Waals surface area contributed by atoms with Crippen LogP contribution in [-0.2, 0) is 11.3 Å². The van der Waals surface area contributed by atoms with E-state index in [1.807, 2.05) is 22.9 Å². The summed E-state index contributed by atoms with van der Waals surface area (Å²) in [6.45, 7) is 2.48. The van der Waals surface area contributed by atoms with Gasteiger partial charge in [-0.3, -0.25) is 9.59 Å². The van der Waals surface area contributed by atoms with Gasteiger partial charge in [0.1, 0.15) is 5.65 Å². The molecule has 0 aliphatic heterocycles. The number of carbonyl (C=O) groups is 2. The molecule has 2 aromatic heterocycles. The third-order valence-corrected chi connectivity index (χ3v) is 4.74. The molecule has 0 radical (unpaired) electrons. The van der Waals surface area contributed by atoms with Crippen molar-refractivity contribution in [1.82, 2.24) is 25.2 Å². The van der Waals surface area contributed by atoms with E-state index in [9.17, 15) is 9.59 Å². The second-order valence-electron chi connectivity index (χ2n) is 7.26. The number of carbonyl (C=O) groups excluding carboxylic acids is 2. The average molecular weight is 402 g/mol. The average Bonchev–Trinajstić information content (AvgIpc) is 3.47. The molecule has 1 aromatic carbocycles. The Bertz CT molecular complexity index is 1180. The highest BCUT2D eigenvalue weighted by atomic mass is 16.2. The minimum absolute atomic E-state index is 0.0698. The standard InChI is InChI=1S/C22H22N6O2/c1-14(29)24-9-10-28-13-17(19-12-25-22(23)27-20(19)28)6-5-15-3-2-4-16(11-15)21(30)26-18-7-8-18/h2-4,11-13,18H,7-10H2,1H3,(H,24,29)(H,26,30)(H2,23,25,27). The van der Waals surface area contributed by atoms with E-state index in [2.05, 4.69) is 32.4 Å². The first kappa shape index (κ1) is 19.5. The van der Waals surface area contributed by atoms with Gasteiger partial charge in [0.2, 0.25) is 11.9 Å². The fourth-order valence-corrected chi connectivity index (χ4v) is 3.08. The molecule has 0 spiro atoms. The molecule has 1 aliphatic rings. The number of nitrogens with one attached hydrogen (secondary N) is 2. The van der Waals surface area contributed by atoms with E-state index >= 15 is 0 Å². The third-order valence-electron chi connectivity index (χ3n) is 4.74. The lowest BCUT2D eigenvalue weighted by Gasteiger charge is -2.05. The summed E-state index contributed by atoms with van der Waals surface area (Å²) in [7, 11) is 0. The van der Waals surface area contributed by atoms with Crippen LogP contribution in [0, 0.1) is 11.8 Å². The molecule has 0 bridgehead atoms. The Kier molecular flexibility index (Phi) is 5.35. The van der Waals surface area contributed by atoms with Crippen molar-refractivity contribution >= 4 is 28.8 Å². The van der Waals surface area contributed by atoms with Gasteiger partial charge in [0.05, 0.1) is 10.9 Å². The number of nitrogen functional groups attached to an aromatic ring is 1. The normalized spacial score (nSPS) is 12.8. The molecular weight excluding hydrogens is 380 g/mol. The third kappa shape index (κ3) is 4.58. The Morgan fingerprint density at radius 3 is 2.90 bits per heavy atom. The fraction of sp³-hybridized carbons (Fsp3) is 0.273. The lowest BCUT2D eigenvalue weighted by molar-refractivity contribution is -0.118. The Balaban J connectivity index is 1.60. The number of fused-ring (bicyclic) bond motifs is 1. The first-order valence-corrected chi connectivity index (χ1v) is 9.78. The van der Waals surface area contributed by atoms with Gasteiger partial charge in [-0.25, -0.2) is 4.98 Å². The van der Waals surface area contributed by atoms with Crippen molar-refractivity contribution in [3.05, 3.63) is 53.3 Å². The first-order chi connectivity index (χ1) is 14.5. The Hall–Kier alpha value is -3.86. The highest BCUT2D eigenvalue weighted by Crippen LogP contribution is 2.20. The maximum atomic E-state index is 12.3. The van der Waals surface area contributed by atoms with E-state index in [1.165, 1.54) is 6.92 Å². The maximum absolute atomic E-state index is 12.3. The number of nitrogens with two attached hydrogens (primary N) is 1. The minimum atomic E-state index is -0.0915. The van der Waals surface area contributed by atoms with Crippen LogP contribution in [0.25, 0.3) is 11.0 Å².